The third-order valence-electron chi connectivity index (χ3n) is 7.02. The zero-order valence-electron chi connectivity index (χ0n) is 23.9. The highest BCUT2D eigenvalue weighted by Crippen LogP contribution is 2.40. The Morgan fingerprint density at radius 1 is 1.32 bits per heavy atom. The van der Waals surface area contributed by atoms with Crippen LogP contribution in [0.2, 0.25) is 0 Å². The summed E-state index contributed by atoms with van der Waals surface area (Å²) < 4.78 is 45.1. The molecule has 238 valence electrons. The summed E-state index contributed by atoms with van der Waals surface area (Å²) in [4.78, 5) is 47.1. The molecule has 1 aliphatic heterocycles. The fourth-order valence-corrected chi connectivity index (χ4v) is 5.60. The number of thiazole rings is 1. The molecule has 44 heavy (non-hydrogen) atoms. The molecule has 1 unspecified atom stereocenters. The number of aliphatic carboxylic acids is 1. The van der Waals surface area contributed by atoms with Gasteiger partial charge in [-0.05, 0) is 38.6 Å². The van der Waals surface area contributed by atoms with Gasteiger partial charge in [-0.1, -0.05) is 5.16 Å². The Morgan fingerprint density at radius 2 is 2.05 bits per heavy atom. The summed E-state index contributed by atoms with van der Waals surface area (Å²) in [6, 6.07) is 5.25. The van der Waals surface area contributed by atoms with Crippen LogP contribution in [0.25, 0.3) is 10.9 Å². The first-order valence-corrected chi connectivity index (χ1v) is 15.4. The lowest BCUT2D eigenvalue weighted by Gasteiger charge is -2.50. The third kappa shape index (κ3) is 7.13. The van der Waals surface area contributed by atoms with Crippen molar-refractivity contribution in [1.82, 2.24) is 14.7 Å². The van der Waals surface area contributed by atoms with E-state index in [0.717, 1.165) is 35.2 Å². The van der Waals surface area contributed by atoms with E-state index in [4.69, 9.17) is 25.6 Å². The van der Waals surface area contributed by atoms with Crippen molar-refractivity contribution >= 4 is 61.1 Å². The lowest BCUT2D eigenvalue weighted by atomic mass is 9.74. The molecule has 19 heteroatoms. The number of ketones is 1. The number of aromatic nitrogens is 3. The molecule has 1 fully saturated rings. The summed E-state index contributed by atoms with van der Waals surface area (Å²) in [7, 11) is -3.08. The molecule has 0 radical (unpaired) electrons. The molecule has 17 nitrogen and oxygen atoms in total. The Bertz CT molecular complexity index is 1720. The van der Waals surface area contributed by atoms with E-state index in [1.165, 1.54) is 19.2 Å². The fourth-order valence-electron chi connectivity index (χ4n) is 4.60. The predicted octanol–water partition coefficient (Wildman–Crippen LogP) is 0.0368. The highest BCUT2D eigenvalue weighted by atomic mass is 32.3. The molecule has 2 aromatic heterocycles. The lowest BCUT2D eigenvalue weighted by Crippen LogP contribution is -2.68. The SMILES string of the molecule is Cn1c2ccc(OC[C@H](O/N=C(\C(=O)CC3C(=O)N(OS(=O)(=O)O)C3(C)C)c3csc(N)n3)C(=O)O)cc2c[n+]1CCCN. The molecule has 3 aromatic rings. The minimum Gasteiger partial charge on any atom is -0.489 e. The molecule has 0 saturated carbocycles. The number of carboxylic acids is 1. The van der Waals surface area contributed by atoms with Crippen LogP contribution in [0.5, 0.6) is 5.75 Å². The van der Waals surface area contributed by atoms with Crippen molar-refractivity contribution in [2.24, 2.45) is 23.9 Å². The Kier molecular flexibility index (Phi) is 9.54. The van der Waals surface area contributed by atoms with Gasteiger partial charge in [0.2, 0.25) is 6.20 Å². The van der Waals surface area contributed by atoms with Gasteiger partial charge in [-0.25, -0.2) is 9.78 Å². The molecular weight excluding hydrogens is 622 g/mol. The van der Waals surface area contributed by atoms with Crippen LogP contribution in [-0.4, -0.2) is 81.0 Å². The number of benzene rings is 1. The standard InChI is InChI=1S/C25H31N7O10S2/c1-25(2)16(22(34)32(25)42-44(37,38)39)10-19(33)21(17-13-43-24(27)28-17)29-41-20(23(35)36)12-40-15-5-6-18-14(9-15)11-31(30(18)3)8-4-7-26/h5-6,9,11,13,16,20H,4,7-8,10,12,26H2,1-3H3,(H3-,27,28,35,36,37,38,39)/p+1/b29-21-/t16?,20-/m0/s1. The summed E-state index contributed by atoms with van der Waals surface area (Å²) >= 11 is 0.989. The molecule has 2 atom stereocenters. The van der Waals surface area contributed by atoms with Crippen LogP contribution < -0.4 is 20.9 Å². The van der Waals surface area contributed by atoms with Crippen molar-refractivity contribution in [2.45, 2.75) is 44.9 Å². The van der Waals surface area contributed by atoms with Gasteiger partial charge in [-0.15, -0.1) is 20.3 Å². The summed E-state index contributed by atoms with van der Waals surface area (Å²) in [5.41, 5.74) is 10.5. The van der Waals surface area contributed by atoms with Gasteiger partial charge in [0.1, 0.15) is 23.6 Å². The molecule has 1 amide bonds. The van der Waals surface area contributed by atoms with E-state index in [2.05, 4.69) is 14.4 Å². The topological polar surface area (TPSA) is 243 Å². The molecule has 3 heterocycles. The van der Waals surface area contributed by atoms with Crippen LogP contribution in [0, 0.1) is 5.92 Å². The van der Waals surface area contributed by atoms with Crippen LogP contribution in [0.1, 0.15) is 32.4 Å². The van der Waals surface area contributed by atoms with Gasteiger partial charge >= 0.3 is 16.4 Å². The second-order valence-electron chi connectivity index (χ2n) is 10.4. The zero-order valence-corrected chi connectivity index (χ0v) is 25.6. The highest BCUT2D eigenvalue weighted by molar-refractivity contribution is 7.80. The molecule has 0 bridgehead atoms. The average Bonchev–Trinajstić information content (AvgIpc) is 3.52. The Morgan fingerprint density at radius 3 is 2.64 bits per heavy atom. The maximum Gasteiger partial charge on any atom is 0.418 e. The van der Waals surface area contributed by atoms with Gasteiger partial charge < -0.3 is 26.1 Å². The molecular formula is C25H32N7O10S2+. The molecule has 1 aliphatic rings. The molecule has 0 aliphatic carbocycles. The first-order chi connectivity index (χ1) is 20.6. The smallest absolute Gasteiger partial charge is 0.418 e. The van der Waals surface area contributed by atoms with Crippen LogP contribution in [-0.2, 0) is 47.5 Å². The monoisotopic (exact) mass is 654 g/mol. The number of carboxylic acid groups (broad SMARTS) is 1. The first-order valence-electron chi connectivity index (χ1n) is 13.2. The lowest BCUT2D eigenvalue weighted by molar-refractivity contribution is -0.771. The predicted molar refractivity (Wildman–Crippen MR) is 155 cm³/mol. The first kappa shape index (κ1) is 32.7. The van der Waals surface area contributed by atoms with Gasteiger partial charge in [-0.2, -0.15) is 18.2 Å². The van der Waals surface area contributed by atoms with E-state index in [9.17, 15) is 27.9 Å². The number of carbonyl (C=O) groups excluding carboxylic acids is 2. The largest absolute Gasteiger partial charge is 0.489 e. The highest BCUT2D eigenvalue weighted by Gasteiger charge is 2.57. The van der Waals surface area contributed by atoms with Gasteiger partial charge in [0.15, 0.2) is 23.2 Å². The summed E-state index contributed by atoms with van der Waals surface area (Å²) in [5.74, 6) is -3.77. The van der Waals surface area contributed by atoms with E-state index in [-0.39, 0.29) is 10.8 Å². The second-order valence-corrected chi connectivity index (χ2v) is 12.3. The number of β-lactam (4-membered cyclic amide) rings is 1. The number of hydroxylamine groups is 2. The number of anilines is 1. The number of nitrogen functional groups attached to an aromatic ring is 1. The normalized spacial score (nSPS) is 17.4. The Balaban J connectivity index is 1.49. The Labute approximate surface area is 255 Å². The van der Waals surface area contributed by atoms with Gasteiger partial charge in [0.25, 0.3) is 12.0 Å². The molecule has 0 spiro atoms. The van der Waals surface area contributed by atoms with Crippen LogP contribution >= 0.6 is 11.3 Å². The number of rotatable bonds is 15. The number of nitrogens with two attached hydrogens (primary N) is 2. The number of oxime groups is 1. The Hall–Kier alpha value is -4.17. The van der Waals surface area contributed by atoms with Crippen molar-refractivity contribution in [3.63, 3.8) is 0 Å². The minimum absolute atomic E-state index is 0.0179. The van der Waals surface area contributed by atoms with Crippen LogP contribution in [0.3, 0.4) is 0 Å². The number of hydrogen-bond acceptors (Lipinski definition) is 13. The summed E-state index contributed by atoms with van der Waals surface area (Å²) in [6.45, 7) is 3.65. The number of hydrogen-bond donors (Lipinski definition) is 4. The van der Waals surface area contributed by atoms with Crippen molar-refractivity contribution < 1.29 is 51.0 Å². The molecule has 1 saturated heterocycles. The number of fused-ring (bicyclic) bond motifs is 1. The van der Waals surface area contributed by atoms with E-state index in [1.54, 1.807) is 12.1 Å². The van der Waals surface area contributed by atoms with Crippen molar-refractivity contribution in [2.75, 3.05) is 18.9 Å². The quantitative estimate of drug-likeness (QED) is 0.0557. The van der Waals surface area contributed by atoms with E-state index < -0.39 is 64.4 Å². The number of ether oxygens (including phenoxy) is 1. The van der Waals surface area contributed by atoms with Gasteiger partial charge in [0, 0.05) is 18.2 Å². The maximum absolute atomic E-state index is 13.3. The van der Waals surface area contributed by atoms with Gasteiger partial charge in [0.05, 0.1) is 23.9 Å². The third-order valence-corrected chi connectivity index (χ3v) is 8.03. The summed E-state index contributed by atoms with van der Waals surface area (Å²) in [6.07, 6.45) is 0.583. The van der Waals surface area contributed by atoms with Crippen LogP contribution in [0.15, 0.2) is 34.9 Å². The second kappa shape index (κ2) is 12.8. The van der Waals surface area contributed by atoms with E-state index in [0.29, 0.717) is 17.4 Å². The van der Waals surface area contributed by atoms with Crippen molar-refractivity contribution in [1.29, 1.82) is 0 Å². The number of nitrogens with zero attached hydrogens (tertiary/aromatic N) is 5. The van der Waals surface area contributed by atoms with Gasteiger partial charge in [-0.3, -0.25) is 14.1 Å². The number of carbonyl (C=O) groups is 3. The average molecular weight is 655 g/mol. The zero-order chi connectivity index (χ0) is 32.4. The van der Waals surface area contributed by atoms with Crippen molar-refractivity contribution in [3.05, 3.63) is 35.5 Å². The molecule has 6 N–H and O–H groups in total. The summed E-state index contributed by atoms with van der Waals surface area (Å²) in [5, 5.41) is 16.3. The number of amides is 1. The van der Waals surface area contributed by atoms with Crippen molar-refractivity contribution in [3.8, 4) is 5.75 Å². The molecule has 4 rings (SSSR count). The molecule has 1 aromatic carbocycles. The van der Waals surface area contributed by atoms with E-state index in [1.807, 2.05) is 28.7 Å². The number of aryl methyl sites for hydroxylation is 2. The minimum atomic E-state index is -4.98. The fraction of sp³-hybridized carbons (Fsp3) is 0.440. The maximum atomic E-state index is 13.3. The number of Topliss-reactive ketones (excluding diaryl/α,β-unsaturated/α-hetero) is 1. The van der Waals surface area contributed by atoms with E-state index >= 15 is 0 Å². The van der Waals surface area contributed by atoms with Crippen LogP contribution in [0.4, 0.5) is 5.13 Å².